The first kappa shape index (κ1) is 19.2. The van der Waals surface area contributed by atoms with Crippen LogP contribution in [0.3, 0.4) is 0 Å². The molecule has 1 aromatic carbocycles. The molecule has 0 radical (unpaired) electrons. The summed E-state index contributed by atoms with van der Waals surface area (Å²) >= 11 is 0. The van der Waals surface area contributed by atoms with Crippen LogP contribution in [0.1, 0.15) is 37.3 Å². The van der Waals surface area contributed by atoms with Crippen molar-refractivity contribution in [2.75, 3.05) is 31.6 Å². The number of anilines is 1. The summed E-state index contributed by atoms with van der Waals surface area (Å²) < 4.78 is 0. The van der Waals surface area contributed by atoms with Crippen molar-refractivity contribution in [1.29, 1.82) is 0 Å². The van der Waals surface area contributed by atoms with Crippen LogP contribution in [0.25, 0.3) is 0 Å². The van der Waals surface area contributed by atoms with Crippen molar-refractivity contribution in [3.8, 4) is 0 Å². The summed E-state index contributed by atoms with van der Waals surface area (Å²) in [7, 11) is 1.80. The van der Waals surface area contributed by atoms with Gasteiger partial charge in [0.05, 0.1) is 0 Å². The summed E-state index contributed by atoms with van der Waals surface area (Å²) in [6.45, 7) is 8.61. The second-order valence-electron chi connectivity index (χ2n) is 8.22. The largest absolute Gasteiger partial charge is 0.343 e. The Labute approximate surface area is 167 Å². The molecule has 0 spiro atoms. The molecule has 0 aliphatic carbocycles. The van der Waals surface area contributed by atoms with Gasteiger partial charge in [-0.1, -0.05) is 19.4 Å². The van der Waals surface area contributed by atoms with E-state index in [1.807, 2.05) is 0 Å². The second kappa shape index (κ2) is 7.37. The van der Waals surface area contributed by atoms with Crippen LogP contribution in [-0.2, 0) is 4.79 Å². The van der Waals surface area contributed by atoms with Crippen LogP contribution in [0.5, 0.6) is 0 Å². The Morgan fingerprint density at radius 2 is 1.93 bits per heavy atom. The van der Waals surface area contributed by atoms with Gasteiger partial charge in [0.2, 0.25) is 0 Å². The van der Waals surface area contributed by atoms with Gasteiger partial charge in [-0.2, -0.15) is 0 Å². The minimum Gasteiger partial charge on any atom is -0.343 e. The van der Waals surface area contributed by atoms with E-state index in [2.05, 4.69) is 54.1 Å². The highest BCUT2D eigenvalue weighted by atomic mass is 16.2. The average molecular weight is 386 g/mol. The van der Waals surface area contributed by atoms with E-state index < -0.39 is 0 Å². The van der Waals surface area contributed by atoms with Crippen LogP contribution in [0.15, 0.2) is 18.2 Å². The minimum absolute atomic E-state index is 0.0570. The zero-order chi connectivity index (χ0) is 20.0. The van der Waals surface area contributed by atoms with Crippen LogP contribution >= 0.6 is 0 Å². The predicted molar refractivity (Wildman–Crippen MR) is 109 cm³/mol. The number of nitrogens with zero attached hydrogens (tertiary/aromatic N) is 4. The summed E-state index contributed by atoms with van der Waals surface area (Å²) in [6.07, 6.45) is 2.44. The molecule has 3 atom stereocenters. The van der Waals surface area contributed by atoms with Crippen molar-refractivity contribution < 1.29 is 9.59 Å². The molecule has 3 unspecified atom stereocenters. The van der Waals surface area contributed by atoms with Crippen molar-refractivity contribution in [3.05, 3.63) is 29.3 Å². The van der Waals surface area contributed by atoms with Crippen LogP contribution in [0.2, 0.25) is 0 Å². The number of imide groups is 1. The molecule has 3 saturated heterocycles. The number of hydrogen-bond acceptors (Lipinski definition) is 5. The number of carbonyl (C=O) groups excluding carboxylic acids is 2. The molecule has 3 amide bonds. The van der Waals surface area contributed by atoms with Crippen molar-refractivity contribution in [1.82, 2.24) is 20.0 Å². The molecule has 4 rings (SSSR count). The first-order valence-electron chi connectivity index (χ1n) is 10.4. The highest BCUT2D eigenvalue weighted by molar-refractivity contribution is 6.00. The van der Waals surface area contributed by atoms with Gasteiger partial charge in [0.1, 0.15) is 18.5 Å². The number of nitrogens with one attached hydrogen (secondary N) is 1. The summed E-state index contributed by atoms with van der Waals surface area (Å²) in [5.74, 6) is -0.0570. The van der Waals surface area contributed by atoms with Crippen molar-refractivity contribution in [2.45, 2.75) is 58.5 Å². The van der Waals surface area contributed by atoms with E-state index in [9.17, 15) is 9.59 Å². The van der Waals surface area contributed by atoms with Gasteiger partial charge in [-0.3, -0.25) is 19.9 Å². The number of aryl methyl sites for hydroxylation is 2. The Morgan fingerprint density at radius 3 is 2.64 bits per heavy atom. The third-order valence-corrected chi connectivity index (χ3v) is 6.43. The number of likely N-dealkylation sites (N-methyl/N-ethyl adjacent to an activating group) is 1. The van der Waals surface area contributed by atoms with Gasteiger partial charge < -0.3 is 9.80 Å². The molecule has 0 bridgehead atoms. The molecule has 0 saturated carbocycles. The van der Waals surface area contributed by atoms with Gasteiger partial charge in [0.25, 0.3) is 5.91 Å². The lowest BCUT2D eigenvalue weighted by atomic mass is 10.1. The first-order chi connectivity index (χ1) is 13.4. The van der Waals surface area contributed by atoms with Gasteiger partial charge in [0, 0.05) is 32.4 Å². The molecule has 28 heavy (non-hydrogen) atoms. The molecule has 7 nitrogen and oxygen atoms in total. The molecule has 152 valence electrons. The molecule has 3 fully saturated rings. The normalized spacial score (nSPS) is 28.0. The SMILES string of the molecule is CCCCN1C(=O)C2C(NC3N(c4ccc(C)c(C)c4)CCCN23)N(C)C1=O. The molecule has 3 aliphatic rings. The number of hydrogen-bond donors (Lipinski definition) is 1. The Hall–Kier alpha value is -2.12. The van der Waals surface area contributed by atoms with E-state index in [0.717, 1.165) is 38.0 Å². The lowest BCUT2D eigenvalue weighted by Crippen LogP contribution is -2.66. The Morgan fingerprint density at radius 1 is 1.14 bits per heavy atom. The first-order valence-corrected chi connectivity index (χ1v) is 10.4. The predicted octanol–water partition coefficient (Wildman–Crippen LogP) is 2.09. The van der Waals surface area contributed by atoms with Crippen LogP contribution < -0.4 is 10.2 Å². The Balaban J connectivity index is 1.63. The maximum absolute atomic E-state index is 13.2. The minimum atomic E-state index is -0.320. The summed E-state index contributed by atoms with van der Waals surface area (Å²) in [4.78, 5) is 33.8. The third kappa shape index (κ3) is 2.97. The van der Waals surface area contributed by atoms with E-state index in [1.54, 1.807) is 11.9 Å². The molecule has 1 aromatic rings. The van der Waals surface area contributed by atoms with Crippen LogP contribution in [0, 0.1) is 13.8 Å². The van der Waals surface area contributed by atoms with Crippen molar-refractivity contribution in [2.24, 2.45) is 0 Å². The maximum atomic E-state index is 13.2. The van der Waals surface area contributed by atoms with Crippen molar-refractivity contribution >= 4 is 17.6 Å². The Bertz CT molecular complexity index is 782. The maximum Gasteiger partial charge on any atom is 0.327 e. The fourth-order valence-corrected chi connectivity index (χ4v) is 4.61. The number of unbranched alkanes of at least 4 members (excludes halogenated alkanes) is 1. The zero-order valence-corrected chi connectivity index (χ0v) is 17.3. The fourth-order valence-electron chi connectivity index (χ4n) is 4.61. The van der Waals surface area contributed by atoms with E-state index >= 15 is 0 Å². The number of amides is 3. The van der Waals surface area contributed by atoms with E-state index in [-0.39, 0.29) is 30.4 Å². The molecule has 7 heteroatoms. The Kier molecular flexibility index (Phi) is 5.05. The molecule has 1 N–H and O–H groups in total. The second-order valence-corrected chi connectivity index (χ2v) is 8.22. The van der Waals surface area contributed by atoms with Gasteiger partial charge in [-0.25, -0.2) is 4.79 Å². The summed E-state index contributed by atoms with van der Waals surface area (Å²) in [6, 6.07) is 6.01. The summed E-state index contributed by atoms with van der Waals surface area (Å²) in [5.41, 5.74) is 3.70. The topological polar surface area (TPSA) is 59.1 Å². The lowest BCUT2D eigenvalue weighted by Gasteiger charge is -2.44. The van der Waals surface area contributed by atoms with Gasteiger partial charge in [0.15, 0.2) is 0 Å². The van der Waals surface area contributed by atoms with E-state index in [0.29, 0.717) is 6.54 Å². The third-order valence-electron chi connectivity index (χ3n) is 6.43. The van der Waals surface area contributed by atoms with Gasteiger partial charge in [-0.05, 0) is 49.9 Å². The number of carbonyl (C=O) groups is 2. The number of benzene rings is 1. The summed E-state index contributed by atoms with van der Waals surface area (Å²) in [5, 5.41) is 3.57. The molecular weight excluding hydrogens is 354 g/mol. The van der Waals surface area contributed by atoms with Crippen LogP contribution in [-0.4, -0.2) is 71.8 Å². The molecular formula is C21H31N5O2. The number of rotatable bonds is 4. The van der Waals surface area contributed by atoms with Crippen molar-refractivity contribution in [3.63, 3.8) is 0 Å². The number of fused-ring (bicyclic) bond motifs is 3. The standard InChI is InChI=1S/C21H31N5O2/c1-5-6-10-26-19(27)17-18(23(4)21(26)28)22-20-24(11-7-12-25(17)20)16-9-8-14(2)15(3)13-16/h8-9,13,17-18,20,22H,5-7,10-12H2,1-4H3. The van der Waals surface area contributed by atoms with Gasteiger partial charge >= 0.3 is 6.03 Å². The van der Waals surface area contributed by atoms with Gasteiger partial charge in [-0.15, -0.1) is 0 Å². The molecule has 3 aliphatic heterocycles. The monoisotopic (exact) mass is 385 g/mol. The van der Waals surface area contributed by atoms with E-state index in [4.69, 9.17) is 0 Å². The smallest absolute Gasteiger partial charge is 0.327 e. The lowest BCUT2D eigenvalue weighted by molar-refractivity contribution is -0.138. The number of urea groups is 1. The molecule has 0 aromatic heterocycles. The quantitative estimate of drug-likeness (QED) is 0.860. The zero-order valence-electron chi connectivity index (χ0n) is 17.3. The molecule has 3 heterocycles. The fraction of sp³-hybridized carbons (Fsp3) is 0.619. The average Bonchev–Trinajstić information content (AvgIpc) is 3.08. The van der Waals surface area contributed by atoms with E-state index in [1.165, 1.54) is 16.0 Å². The highest BCUT2D eigenvalue weighted by Gasteiger charge is 2.55. The highest BCUT2D eigenvalue weighted by Crippen LogP contribution is 2.33. The van der Waals surface area contributed by atoms with Crippen LogP contribution in [0.4, 0.5) is 10.5 Å².